The van der Waals surface area contributed by atoms with Crippen LogP contribution in [0.5, 0.6) is 0 Å². The Hall–Kier alpha value is -1.19. The summed E-state index contributed by atoms with van der Waals surface area (Å²) in [5.74, 6) is -3.36. The van der Waals surface area contributed by atoms with Crippen molar-refractivity contribution in [2.45, 2.75) is 0 Å². The van der Waals surface area contributed by atoms with E-state index in [2.05, 4.69) is 6.07 Å². The Morgan fingerprint density at radius 3 is 2.29 bits per heavy atom. The second kappa shape index (κ2) is 4.59. The van der Waals surface area contributed by atoms with E-state index in [4.69, 9.17) is 23.2 Å². The molecular weight excluding hydrogens is 272 g/mol. The van der Waals surface area contributed by atoms with Crippen molar-refractivity contribution in [1.82, 2.24) is 0 Å². The first-order valence-corrected chi connectivity index (χ1v) is 5.27. The van der Waals surface area contributed by atoms with Gasteiger partial charge >= 0.3 is 0 Å². The third-order valence-corrected chi connectivity index (χ3v) is 2.99. The Balaban J connectivity index is 2.77. The Morgan fingerprint density at radius 1 is 0.941 bits per heavy atom. The quantitative estimate of drug-likeness (QED) is 0.651. The van der Waals surface area contributed by atoms with E-state index >= 15 is 0 Å². The lowest BCUT2D eigenvalue weighted by Gasteiger charge is -2.08. The van der Waals surface area contributed by atoms with Crippen molar-refractivity contribution in [3.8, 4) is 11.1 Å². The molecule has 0 heterocycles. The Morgan fingerprint density at radius 2 is 1.59 bits per heavy atom. The average Bonchev–Trinajstić information content (AvgIpc) is 2.30. The normalized spacial score (nSPS) is 10.6. The van der Waals surface area contributed by atoms with Crippen LogP contribution in [0.2, 0.25) is 10.0 Å². The molecule has 0 bridgehead atoms. The number of halogens is 5. The van der Waals surface area contributed by atoms with Crippen molar-refractivity contribution in [1.29, 1.82) is 0 Å². The van der Waals surface area contributed by atoms with E-state index in [-0.39, 0.29) is 15.6 Å². The summed E-state index contributed by atoms with van der Waals surface area (Å²) in [6, 6.07) is 6.76. The van der Waals surface area contributed by atoms with E-state index in [0.717, 1.165) is 6.07 Å². The first-order valence-electron chi connectivity index (χ1n) is 4.52. The molecule has 0 N–H and O–H groups in total. The van der Waals surface area contributed by atoms with Crippen LogP contribution in [0.3, 0.4) is 0 Å². The van der Waals surface area contributed by atoms with Gasteiger partial charge in [-0.2, -0.15) is 0 Å². The summed E-state index contributed by atoms with van der Waals surface area (Å²) in [7, 11) is 0. The van der Waals surface area contributed by atoms with Gasteiger partial charge in [0.1, 0.15) is 5.82 Å². The van der Waals surface area contributed by atoms with Crippen LogP contribution in [-0.2, 0) is 0 Å². The zero-order chi connectivity index (χ0) is 12.6. The van der Waals surface area contributed by atoms with Crippen molar-refractivity contribution >= 4 is 23.2 Å². The van der Waals surface area contributed by atoms with Gasteiger partial charge in [-0.25, -0.2) is 13.2 Å². The van der Waals surface area contributed by atoms with Crippen LogP contribution in [0.25, 0.3) is 11.1 Å². The van der Waals surface area contributed by atoms with Gasteiger partial charge < -0.3 is 0 Å². The molecule has 2 aromatic rings. The number of rotatable bonds is 1. The highest BCUT2D eigenvalue weighted by Gasteiger charge is 2.18. The molecule has 17 heavy (non-hydrogen) atoms. The van der Waals surface area contributed by atoms with Crippen LogP contribution in [0.1, 0.15) is 0 Å². The van der Waals surface area contributed by atoms with Gasteiger partial charge in [0, 0.05) is 11.6 Å². The van der Waals surface area contributed by atoms with Crippen LogP contribution in [-0.4, -0.2) is 0 Å². The lowest BCUT2D eigenvalue weighted by molar-refractivity contribution is 0.499. The van der Waals surface area contributed by atoms with Gasteiger partial charge in [-0.1, -0.05) is 35.3 Å². The molecule has 0 atom stereocenters. The minimum atomic E-state index is -1.30. The molecular formula is C12H4Cl2F3. The highest BCUT2D eigenvalue weighted by atomic mass is 35.5. The molecule has 5 heteroatoms. The molecule has 0 saturated heterocycles. The number of hydrogen-bond donors (Lipinski definition) is 0. The van der Waals surface area contributed by atoms with Gasteiger partial charge in [0.05, 0.1) is 15.6 Å². The standard InChI is InChI=1S/C12H4Cl2F3/c13-7-3-1-2-6(11(7)14)10-8(15)4-5-9(16)12(10)17/h1-2,4-5H. The molecule has 0 nitrogen and oxygen atoms in total. The van der Waals surface area contributed by atoms with Crippen molar-refractivity contribution in [3.63, 3.8) is 0 Å². The summed E-state index contributed by atoms with van der Waals surface area (Å²) in [5.41, 5.74) is -0.546. The zero-order valence-corrected chi connectivity index (χ0v) is 9.71. The van der Waals surface area contributed by atoms with E-state index in [9.17, 15) is 13.2 Å². The Labute approximate surface area is 106 Å². The summed E-state index contributed by atoms with van der Waals surface area (Å²) in [5, 5.41) is -0.0511. The molecule has 0 aliphatic heterocycles. The molecule has 0 saturated carbocycles. The highest BCUT2D eigenvalue weighted by Crippen LogP contribution is 2.36. The molecule has 0 aromatic heterocycles. The summed E-state index contributed by atoms with van der Waals surface area (Å²) in [6.45, 7) is 0. The monoisotopic (exact) mass is 275 g/mol. The van der Waals surface area contributed by atoms with Gasteiger partial charge in [-0.3, -0.25) is 0 Å². The summed E-state index contributed by atoms with van der Waals surface area (Å²) >= 11 is 11.5. The summed E-state index contributed by atoms with van der Waals surface area (Å²) in [6.07, 6.45) is 0. The van der Waals surface area contributed by atoms with E-state index in [1.165, 1.54) is 12.1 Å². The maximum Gasteiger partial charge on any atom is 0.169 e. The second-order valence-corrected chi connectivity index (χ2v) is 3.99. The predicted molar refractivity (Wildman–Crippen MR) is 60.6 cm³/mol. The van der Waals surface area contributed by atoms with Crippen molar-refractivity contribution in [2.75, 3.05) is 0 Å². The SMILES string of the molecule is Fc1ccc(F)c(-c2cc[c]c(Cl)c2Cl)c1F. The van der Waals surface area contributed by atoms with Crippen LogP contribution >= 0.6 is 23.2 Å². The number of hydrogen-bond acceptors (Lipinski definition) is 0. The first kappa shape index (κ1) is 12.3. The minimum absolute atomic E-state index is 0.00934. The predicted octanol–water partition coefficient (Wildman–Crippen LogP) is 4.88. The smallest absolute Gasteiger partial charge is 0.169 e. The van der Waals surface area contributed by atoms with Crippen LogP contribution < -0.4 is 0 Å². The van der Waals surface area contributed by atoms with Gasteiger partial charge in [-0.15, -0.1) is 0 Å². The average molecular weight is 276 g/mol. The molecule has 0 unspecified atom stereocenters. The van der Waals surface area contributed by atoms with Gasteiger partial charge in [0.25, 0.3) is 0 Å². The Kier molecular flexibility index (Phi) is 3.31. The van der Waals surface area contributed by atoms with E-state index < -0.39 is 23.0 Å². The van der Waals surface area contributed by atoms with Crippen molar-refractivity contribution < 1.29 is 13.2 Å². The summed E-state index contributed by atoms with van der Waals surface area (Å²) in [4.78, 5) is 0. The maximum atomic E-state index is 13.5. The lowest BCUT2D eigenvalue weighted by Crippen LogP contribution is -1.95. The summed E-state index contributed by atoms with van der Waals surface area (Å²) < 4.78 is 40.1. The zero-order valence-electron chi connectivity index (χ0n) is 8.20. The minimum Gasteiger partial charge on any atom is -0.206 e. The fourth-order valence-corrected chi connectivity index (χ4v) is 1.80. The number of benzene rings is 2. The third-order valence-electron chi connectivity index (χ3n) is 2.20. The van der Waals surface area contributed by atoms with Gasteiger partial charge in [0.2, 0.25) is 0 Å². The first-order chi connectivity index (χ1) is 8.02. The van der Waals surface area contributed by atoms with Gasteiger partial charge in [0.15, 0.2) is 11.6 Å². The van der Waals surface area contributed by atoms with Crippen LogP contribution in [0.4, 0.5) is 13.2 Å². The molecule has 0 aliphatic rings. The van der Waals surface area contributed by atoms with E-state index in [1.807, 2.05) is 0 Å². The third kappa shape index (κ3) is 2.13. The van der Waals surface area contributed by atoms with Crippen molar-refractivity contribution in [3.05, 3.63) is 57.8 Å². The van der Waals surface area contributed by atoms with E-state index in [1.54, 1.807) is 0 Å². The molecule has 0 spiro atoms. The topological polar surface area (TPSA) is 0 Å². The largest absolute Gasteiger partial charge is 0.206 e. The van der Waals surface area contributed by atoms with Crippen LogP contribution in [0, 0.1) is 23.5 Å². The molecule has 2 rings (SSSR count). The van der Waals surface area contributed by atoms with E-state index in [0.29, 0.717) is 6.07 Å². The molecule has 1 radical (unpaired) electrons. The lowest BCUT2D eigenvalue weighted by atomic mass is 10.0. The van der Waals surface area contributed by atoms with Gasteiger partial charge in [-0.05, 0) is 12.1 Å². The molecule has 0 aliphatic carbocycles. The molecule has 87 valence electrons. The fraction of sp³-hybridized carbons (Fsp3) is 0. The molecule has 2 aromatic carbocycles. The second-order valence-electron chi connectivity index (χ2n) is 3.24. The maximum absolute atomic E-state index is 13.5. The Bertz CT molecular complexity index is 582. The van der Waals surface area contributed by atoms with Crippen LogP contribution in [0.15, 0.2) is 24.3 Å². The molecule has 0 amide bonds. The fourth-order valence-electron chi connectivity index (χ4n) is 1.42. The highest BCUT2D eigenvalue weighted by molar-refractivity contribution is 6.43. The van der Waals surface area contributed by atoms with Crippen molar-refractivity contribution in [2.24, 2.45) is 0 Å². The molecule has 0 fully saturated rings.